The van der Waals surface area contributed by atoms with Crippen LogP contribution in [-0.4, -0.2) is 18.4 Å². The number of carbonyl (C=O) groups is 2. The largest absolute Gasteiger partial charge is 0.365 e. The maximum Gasteiger partial charge on any atom is 0.280 e. The van der Waals surface area contributed by atoms with Crippen LogP contribution < -0.4 is 16.4 Å². The summed E-state index contributed by atoms with van der Waals surface area (Å²) in [6.45, 7) is 2.25. The number of fused-ring (bicyclic) bond motifs is 1. The number of benzene rings is 1. The maximum absolute atomic E-state index is 12.3. The van der Waals surface area contributed by atoms with Gasteiger partial charge in [-0.05, 0) is 37.8 Å². The standard InChI is InChI=1S/C18H20ClN3O2S/c1-10(11-5-2-3-7-13(11)19)21-9-15(23)22-18-16(17(20)24)12-6-4-8-14(12)25-18/h2-3,5,7,10,21H,4,6,8-9H2,1H3,(H2,20,24)(H,22,23)/p+1/t10-/m0/s1. The number of primary amides is 1. The maximum atomic E-state index is 12.3. The van der Waals surface area contributed by atoms with Crippen LogP contribution in [0.1, 0.15) is 45.7 Å². The van der Waals surface area contributed by atoms with E-state index >= 15 is 0 Å². The van der Waals surface area contributed by atoms with E-state index in [4.69, 9.17) is 17.3 Å². The van der Waals surface area contributed by atoms with Gasteiger partial charge in [-0.3, -0.25) is 9.59 Å². The van der Waals surface area contributed by atoms with Crippen molar-refractivity contribution < 1.29 is 14.9 Å². The molecule has 0 radical (unpaired) electrons. The zero-order valence-corrected chi connectivity index (χ0v) is 15.5. The predicted molar refractivity (Wildman–Crippen MR) is 100 cm³/mol. The lowest BCUT2D eigenvalue weighted by atomic mass is 10.1. The van der Waals surface area contributed by atoms with Gasteiger partial charge in [0.2, 0.25) is 0 Å². The minimum absolute atomic E-state index is 0.0587. The summed E-state index contributed by atoms with van der Waals surface area (Å²) in [5.41, 5.74) is 8.01. The average Bonchev–Trinajstić information content (AvgIpc) is 3.13. The van der Waals surface area contributed by atoms with Crippen LogP contribution in [0.15, 0.2) is 24.3 Å². The van der Waals surface area contributed by atoms with E-state index in [2.05, 4.69) is 5.32 Å². The van der Waals surface area contributed by atoms with E-state index < -0.39 is 5.91 Å². The van der Waals surface area contributed by atoms with E-state index in [1.165, 1.54) is 11.3 Å². The van der Waals surface area contributed by atoms with Gasteiger partial charge in [0.05, 0.1) is 5.56 Å². The minimum Gasteiger partial charge on any atom is -0.365 e. The zero-order chi connectivity index (χ0) is 18.0. The molecule has 5 N–H and O–H groups in total. The normalized spacial score (nSPS) is 14.2. The van der Waals surface area contributed by atoms with Crippen molar-refractivity contribution in [3.05, 3.63) is 50.9 Å². The summed E-state index contributed by atoms with van der Waals surface area (Å²) in [5, 5.41) is 6.05. The molecule has 1 aromatic carbocycles. The molecule has 2 aromatic rings. The summed E-state index contributed by atoms with van der Waals surface area (Å²) in [6, 6.07) is 7.66. The number of quaternary nitrogens is 1. The fourth-order valence-corrected chi connectivity index (χ4v) is 4.80. The average molecular weight is 379 g/mol. The Bertz CT molecular complexity index is 819. The van der Waals surface area contributed by atoms with Gasteiger partial charge in [0.15, 0.2) is 6.54 Å². The fourth-order valence-electron chi connectivity index (χ4n) is 3.19. The molecule has 7 heteroatoms. The predicted octanol–water partition coefficient (Wildman–Crippen LogP) is 2.25. The third-order valence-electron chi connectivity index (χ3n) is 4.47. The molecule has 1 aromatic heterocycles. The second-order valence-corrected chi connectivity index (χ2v) is 7.74. The Morgan fingerprint density at radius 2 is 2.12 bits per heavy atom. The van der Waals surface area contributed by atoms with E-state index in [9.17, 15) is 9.59 Å². The van der Waals surface area contributed by atoms with Crippen LogP contribution in [0.4, 0.5) is 5.00 Å². The molecule has 25 heavy (non-hydrogen) atoms. The number of aryl methyl sites for hydroxylation is 1. The van der Waals surface area contributed by atoms with Crippen molar-refractivity contribution in [2.24, 2.45) is 5.73 Å². The van der Waals surface area contributed by atoms with E-state index in [1.807, 2.05) is 36.5 Å². The minimum atomic E-state index is -0.469. The molecule has 0 fully saturated rings. The molecule has 3 rings (SSSR count). The lowest BCUT2D eigenvalue weighted by Gasteiger charge is -2.12. The van der Waals surface area contributed by atoms with Crippen LogP contribution in [0, 0.1) is 0 Å². The second kappa shape index (κ2) is 7.56. The van der Waals surface area contributed by atoms with Crippen molar-refractivity contribution in [1.82, 2.24) is 0 Å². The van der Waals surface area contributed by atoms with Crippen LogP contribution in [0.2, 0.25) is 5.02 Å². The summed E-state index contributed by atoms with van der Waals surface area (Å²) in [7, 11) is 0. The monoisotopic (exact) mass is 378 g/mol. The van der Waals surface area contributed by atoms with E-state index in [0.29, 0.717) is 15.6 Å². The van der Waals surface area contributed by atoms with Crippen molar-refractivity contribution in [1.29, 1.82) is 0 Å². The Balaban J connectivity index is 1.64. The summed E-state index contributed by atoms with van der Waals surface area (Å²) in [4.78, 5) is 25.2. The summed E-state index contributed by atoms with van der Waals surface area (Å²) >= 11 is 7.66. The van der Waals surface area contributed by atoms with Gasteiger partial charge in [-0.2, -0.15) is 0 Å². The van der Waals surface area contributed by atoms with E-state index in [0.717, 1.165) is 35.3 Å². The van der Waals surface area contributed by atoms with Crippen molar-refractivity contribution in [3.63, 3.8) is 0 Å². The molecule has 1 atom stereocenters. The molecular weight excluding hydrogens is 358 g/mol. The van der Waals surface area contributed by atoms with Crippen molar-refractivity contribution in [2.75, 3.05) is 11.9 Å². The molecule has 0 unspecified atom stereocenters. The molecular formula is C18H21ClN3O2S+. The second-order valence-electron chi connectivity index (χ2n) is 6.22. The van der Waals surface area contributed by atoms with Gasteiger partial charge in [0, 0.05) is 15.5 Å². The first-order valence-corrected chi connectivity index (χ1v) is 9.48. The van der Waals surface area contributed by atoms with Crippen LogP contribution in [-0.2, 0) is 17.6 Å². The zero-order valence-electron chi connectivity index (χ0n) is 14.0. The lowest BCUT2D eigenvalue weighted by molar-refractivity contribution is -0.682. The van der Waals surface area contributed by atoms with Gasteiger partial charge in [-0.15, -0.1) is 11.3 Å². The number of carbonyl (C=O) groups excluding carboxylic acids is 2. The number of hydrogen-bond donors (Lipinski definition) is 3. The quantitative estimate of drug-likeness (QED) is 0.719. The van der Waals surface area contributed by atoms with Gasteiger partial charge in [0.25, 0.3) is 11.8 Å². The van der Waals surface area contributed by atoms with Crippen molar-refractivity contribution in [2.45, 2.75) is 32.2 Å². The summed E-state index contributed by atoms with van der Waals surface area (Å²) < 4.78 is 0. The van der Waals surface area contributed by atoms with Crippen molar-refractivity contribution in [3.8, 4) is 0 Å². The first kappa shape index (κ1) is 17.9. The smallest absolute Gasteiger partial charge is 0.280 e. The number of nitrogens with two attached hydrogens (primary N) is 2. The van der Waals surface area contributed by atoms with Crippen LogP contribution in [0.5, 0.6) is 0 Å². The molecule has 132 valence electrons. The van der Waals surface area contributed by atoms with E-state index in [1.54, 1.807) is 0 Å². The molecule has 2 amide bonds. The molecule has 1 aliphatic rings. The van der Waals surface area contributed by atoms with Gasteiger partial charge in [-0.1, -0.05) is 29.8 Å². The number of halogens is 1. The van der Waals surface area contributed by atoms with Crippen molar-refractivity contribution >= 4 is 39.8 Å². The molecule has 0 saturated carbocycles. The lowest BCUT2D eigenvalue weighted by Crippen LogP contribution is -2.86. The Labute approximate surface area is 155 Å². The number of nitrogens with one attached hydrogen (secondary N) is 1. The summed E-state index contributed by atoms with van der Waals surface area (Å²) in [5.74, 6) is -0.621. The third-order valence-corrected chi connectivity index (χ3v) is 6.02. The number of rotatable bonds is 6. The highest BCUT2D eigenvalue weighted by Gasteiger charge is 2.26. The number of thiophene rings is 1. The topological polar surface area (TPSA) is 88.8 Å². The molecule has 0 spiro atoms. The number of amides is 2. The highest BCUT2D eigenvalue weighted by molar-refractivity contribution is 7.17. The first-order chi connectivity index (χ1) is 12.0. The van der Waals surface area contributed by atoms with Gasteiger partial charge < -0.3 is 16.4 Å². The number of hydrogen-bond acceptors (Lipinski definition) is 3. The van der Waals surface area contributed by atoms with Gasteiger partial charge in [-0.25, -0.2) is 0 Å². The van der Waals surface area contributed by atoms with Gasteiger partial charge >= 0.3 is 0 Å². The van der Waals surface area contributed by atoms with Crippen LogP contribution in [0.25, 0.3) is 0 Å². The first-order valence-electron chi connectivity index (χ1n) is 8.29. The summed E-state index contributed by atoms with van der Waals surface area (Å²) in [6.07, 6.45) is 2.85. The fraction of sp³-hybridized carbons (Fsp3) is 0.333. The van der Waals surface area contributed by atoms with Crippen LogP contribution >= 0.6 is 22.9 Å². The Kier molecular flexibility index (Phi) is 5.42. The highest BCUT2D eigenvalue weighted by Crippen LogP contribution is 2.38. The Hall–Kier alpha value is -1.89. The number of anilines is 1. The Morgan fingerprint density at radius 1 is 1.36 bits per heavy atom. The third kappa shape index (κ3) is 3.86. The molecule has 0 bridgehead atoms. The van der Waals surface area contributed by atoms with E-state index in [-0.39, 0.29) is 18.5 Å². The van der Waals surface area contributed by atoms with Crippen LogP contribution in [0.3, 0.4) is 0 Å². The highest BCUT2D eigenvalue weighted by atomic mass is 35.5. The molecule has 0 saturated heterocycles. The Morgan fingerprint density at radius 3 is 2.84 bits per heavy atom. The molecule has 5 nitrogen and oxygen atoms in total. The van der Waals surface area contributed by atoms with Gasteiger partial charge in [0.1, 0.15) is 11.0 Å². The SMILES string of the molecule is C[C@H]([NH2+]CC(=O)Nc1sc2c(c1C(N)=O)CCC2)c1ccccc1Cl. The molecule has 1 aliphatic carbocycles. The molecule has 1 heterocycles. The molecule has 0 aliphatic heterocycles.